The SMILES string of the molecule is COc1ccc(NC(=O)CC2SC(=NN=Cc3ccc(F)cc3F)NC2=O)cc1. The molecule has 3 rings (SSSR count). The molecule has 0 spiro atoms. The van der Waals surface area contributed by atoms with Crippen LogP contribution < -0.4 is 15.4 Å². The van der Waals surface area contributed by atoms with E-state index in [9.17, 15) is 18.4 Å². The van der Waals surface area contributed by atoms with Gasteiger partial charge < -0.3 is 15.4 Å². The van der Waals surface area contributed by atoms with E-state index in [1.54, 1.807) is 31.4 Å². The molecule has 2 amide bonds. The molecule has 0 aliphatic carbocycles. The number of benzene rings is 2. The Morgan fingerprint density at radius 1 is 1.28 bits per heavy atom. The zero-order chi connectivity index (χ0) is 20.8. The number of methoxy groups -OCH3 is 1. The van der Waals surface area contributed by atoms with Crippen LogP contribution in [-0.4, -0.2) is 35.6 Å². The van der Waals surface area contributed by atoms with E-state index >= 15 is 0 Å². The predicted octanol–water partition coefficient (Wildman–Crippen LogP) is 2.92. The van der Waals surface area contributed by atoms with E-state index in [4.69, 9.17) is 4.74 Å². The van der Waals surface area contributed by atoms with Crippen molar-refractivity contribution in [2.45, 2.75) is 11.7 Å². The molecule has 1 atom stereocenters. The number of amides is 2. The molecule has 1 fully saturated rings. The zero-order valence-electron chi connectivity index (χ0n) is 15.2. The number of nitrogens with zero attached hydrogens (tertiary/aromatic N) is 2. The largest absolute Gasteiger partial charge is 0.497 e. The Morgan fingerprint density at radius 3 is 2.72 bits per heavy atom. The van der Waals surface area contributed by atoms with E-state index < -0.39 is 16.9 Å². The fourth-order valence-corrected chi connectivity index (χ4v) is 3.31. The summed E-state index contributed by atoms with van der Waals surface area (Å²) >= 11 is 1.05. The van der Waals surface area contributed by atoms with Crippen LogP contribution >= 0.6 is 11.8 Å². The molecule has 2 N–H and O–H groups in total. The van der Waals surface area contributed by atoms with Gasteiger partial charge in [0.15, 0.2) is 5.17 Å². The predicted molar refractivity (Wildman–Crippen MR) is 107 cm³/mol. The topological polar surface area (TPSA) is 92.2 Å². The van der Waals surface area contributed by atoms with Gasteiger partial charge in [0.1, 0.15) is 22.6 Å². The third-order valence-corrected chi connectivity index (χ3v) is 4.90. The number of rotatable bonds is 6. The van der Waals surface area contributed by atoms with Crippen LogP contribution in [0, 0.1) is 11.6 Å². The molecule has 1 aliphatic heterocycles. The lowest BCUT2D eigenvalue weighted by Gasteiger charge is -2.08. The maximum atomic E-state index is 13.5. The van der Waals surface area contributed by atoms with Crippen molar-refractivity contribution in [1.82, 2.24) is 5.32 Å². The number of anilines is 1. The summed E-state index contributed by atoms with van der Waals surface area (Å²) in [6, 6.07) is 9.85. The first-order chi connectivity index (χ1) is 13.9. The van der Waals surface area contributed by atoms with Gasteiger partial charge >= 0.3 is 0 Å². The van der Waals surface area contributed by atoms with Gasteiger partial charge in [0.05, 0.1) is 13.3 Å². The second kappa shape index (κ2) is 9.28. The van der Waals surface area contributed by atoms with E-state index in [2.05, 4.69) is 20.8 Å². The van der Waals surface area contributed by atoms with Crippen LogP contribution in [0.25, 0.3) is 0 Å². The number of thioether (sulfide) groups is 1. The highest BCUT2D eigenvalue weighted by Crippen LogP contribution is 2.23. The van der Waals surface area contributed by atoms with Crippen molar-refractivity contribution >= 4 is 40.6 Å². The smallest absolute Gasteiger partial charge is 0.240 e. The fourth-order valence-electron chi connectivity index (χ4n) is 2.39. The summed E-state index contributed by atoms with van der Waals surface area (Å²) in [4.78, 5) is 24.2. The molecule has 1 aliphatic rings. The molecule has 0 bridgehead atoms. The Kier molecular flexibility index (Phi) is 6.55. The lowest BCUT2D eigenvalue weighted by atomic mass is 10.2. The molecule has 2 aromatic rings. The molecule has 2 aromatic carbocycles. The molecule has 7 nitrogen and oxygen atoms in total. The van der Waals surface area contributed by atoms with E-state index in [0.29, 0.717) is 11.4 Å². The minimum absolute atomic E-state index is 0.0560. The first-order valence-corrected chi connectivity index (χ1v) is 9.30. The van der Waals surface area contributed by atoms with Crippen LogP contribution in [0.2, 0.25) is 0 Å². The number of amidine groups is 1. The lowest BCUT2D eigenvalue weighted by Crippen LogP contribution is -2.28. The van der Waals surface area contributed by atoms with Crippen LogP contribution in [0.5, 0.6) is 5.75 Å². The number of hydrogen-bond donors (Lipinski definition) is 2. The average Bonchev–Trinajstić information content (AvgIpc) is 3.03. The van der Waals surface area contributed by atoms with E-state index in [0.717, 1.165) is 30.1 Å². The molecule has 0 aromatic heterocycles. The third-order valence-electron chi connectivity index (χ3n) is 3.83. The van der Waals surface area contributed by atoms with Crippen LogP contribution in [0.15, 0.2) is 52.7 Å². The minimum Gasteiger partial charge on any atom is -0.497 e. The van der Waals surface area contributed by atoms with Gasteiger partial charge in [0.25, 0.3) is 0 Å². The number of halogens is 2. The lowest BCUT2D eigenvalue weighted by molar-refractivity contribution is -0.122. The molecule has 0 saturated carbocycles. The van der Waals surface area contributed by atoms with Gasteiger partial charge in [-0.05, 0) is 36.4 Å². The summed E-state index contributed by atoms with van der Waals surface area (Å²) in [5.74, 6) is -1.51. The molecule has 1 heterocycles. The Balaban J connectivity index is 1.55. The van der Waals surface area contributed by atoms with Gasteiger partial charge in [-0.2, -0.15) is 5.10 Å². The zero-order valence-corrected chi connectivity index (χ0v) is 16.0. The molecule has 150 valence electrons. The Labute approximate surface area is 169 Å². The van der Waals surface area contributed by atoms with Gasteiger partial charge in [-0.3, -0.25) is 9.59 Å². The summed E-state index contributed by atoms with van der Waals surface area (Å²) in [6.07, 6.45) is 1.05. The van der Waals surface area contributed by atoms with Gasteiger partial charge in [-0.25, -0.2) is 8.78 Å². The summed E-state index contributed by atoms with van der Waals surface area (Å²) in [5.41, 5.74) is 0.638. The first kappa shape index (κ1) is 20.5. The Hall–Kier alpha value is -3.27. The van der Waals surface area contributed by atoms with Crippen molar-refractivity contribution in [3.8, 4) is 5.75 Å². The highest BCUT2D eigenvalue weighted by Gasteiger charge is 2.32. The van der Waals surface area contributed by atoms with Gasteiger partial charge in [-0.15, -0.1) is 5.10 Å². The summed E-state index contributed by atoms with van der Waals surface area (Å²) in [5, 5.41) is 12.2. The maximum absolute atomic E-state index is 13.5. The molecular formula is C19H16F2N4O3S. The number of hydrogen-bond acceptors (Lipinski definition) is 6. The van der Waals surface area contributed by atoms with Gasteiger partial charge in [0, 0.05) is 23.7 Å². The molecule has 1 saturated heterocycles. The van der Waals surface area contributed by atoms with Crippen molar-refractivity contribution in [2.24, 2.45) is 10.2 Å². The van der Waals surface area contributed by atoms with E-state index in [-0.39, 0.29) is 29.0 Å². The van der Waals surface area contributed by atoms with Gasteiger partial charge in [-0.1, -0.05) is 11.8 Å². The highest BCUT2D eigenvalue weighted by atomic mass is 32.2. The quantitative estimate of drug-likeness (QED) is 0.557. The van der Waals surface area contributed by atoms with Crippen LogP contribution in [0.3, 0.4) is 0 Å². The molecule has 10 heteroatoms. The number of carbonyl (C=O) groups excluding carboxylic acids is 2. The van der Waals surface area contributed by atoms with Gasteiger partial charge in [0.2, 0.25) is 11.8 Å². The number of carbonyl (C=O) groups is 2. The maximum Gasteiger partial charge on any atom is 0.240 e. The van der Waals surface area contributed by atoms with Crippen molar-refractivity contribution in [3.05, 3.63) is 59.7 Å². The summed E-state index contributed by atoms with van der Waals surface area (Å²) in [6.45, 7) is 0. The average molecular weight is 418 g/mol. The summed E-state index contributed by atoms with van der Waals surface area (Å²) in [7, 11) is 1.54. The second-order valence-electron chi connectivity index (χ2n) is 5.89. The first-order valence-electron chi connectivity index (χ1n) is 8.42. The monoisotopic (exact) mass is 418 g/mol. The normalized spacial score (nSPS) is 17.6. The van der Waals surface area contributed by atoms with Crippen LogP contribution in [0.4, 0.5) is 14.5 Å². The highest BCUT2D eigenvalue weighted by molar-refractivity contribution is 8.15. The van der Waals surface area contributed by atoms with Crippen LogP contribution in [-0.2, 0) is 9.59 Å². The Morgan fingerprint density at radius 2 is 2.03 bits per heavy atom. The fraction of sp³-hybridized carbons (Fsp3) is 0.158. The number of nitrogens with one attached hydrogen (secondary N) is 2. The Bertz CT molecular complexity index is 980. The second-order valence-corrected chi connectivity index (χ2v) is 7.08. The molecule has 29 heavy (non-hydrogen) atoms. The van der Waals surface area contributed by atoms with Crippen molar-refractivity contribution in [1.29, 1.82) is 0 Å². The van der Waals surface area contributed by atoms with Crippen molar-refractivity contribution in [3.63, 3.8) is 0 Å². The molecular weight excluding hydrogens is 402 g/mol. The van der Waals surface area contributed by atoms with Crippen molar-refractivity contribution in [2.75, 3.05) is 12.4 Å². The third kappa shape index (κ3) is 5.61. The molecule has 1 unspecified atom stereocenters. The standard InChI is InChI=1S/C19H16F2N4O3S/c1-28-14-6-4-13(5-7-14)23-17(26)9-16-18(27)24-19(29-16)25-22-10-11-2-3-12(20)8-15(11)21/h2-8,10,16H,9H2,1H3,(H,23,26)(H,24,25,27). The molecule has 0 radical (unpaired) electrons. The van der Waals surface area contributed by atoms with E-state index in [1.807, 2.05) is 0 Å². The number of ether oxygens (including phenoxy) is 1. The summed E-state index contributed by atoms with van der Waals surface area (Å²) < 4.78 is 31.5. The van der Waals surface area contributed by atoms with E-state index in [1.165, 1.54) is 6.07 Å². The minimum atomic E-state index is -0.773. The van der Waals surface area contributed by atoms with Crippen LogP contribution in [0.1, 0.15) is 12.0 Å². The van der Waals surface area contributed by atoms with Crippen molar-refractivity contribution < 1.29 is 23.1 Å².